The lowest BCUT2D eigenvalue weighted by Gasteiger charge is -2.16. The molecule has 1 amide bonds. The maximum Gasteiger partial charge on any atom is 0.266 e. The van der Waals surface area contributed by atoms with Crippen LogP contribution in [-0.4, -0.2) is 21.2 Å². The number of benzene rings is 3. The van der Waals surface area contributed by atoms with Gasteiger partial charge in [0.15, 0.2) is 5.16 Å². The lowest BCUT2D eigenvalue weighted by Crippen LogP contribution is -2.23. The molecule has 1 heterocycles. The van der Waals surface area contributed by atoms with E-state index in [1.54, 1.807) is 41.0 Å². The fraction of sp³-hybridized carbons (Fsp3) is 0.125. The molecule has 4 rings (SSSR count). The van der Waals surface area contributed by atoms with Crippen LogP contribution in [0.3, 0.4) is 0 Å². The summed E-state index contributed by atoms with van der Waals surface area (Å²) < 4.78 is 1.60. The first-order valence-corrected chi connectivity index (χ1v) is 11.1. The van der Waals surface area contributed by atoms with Crippen LogP contribution in [0.5, 0.6) is 0 Å². The Morgan fingerprint density at radius 1 is 1.06 bits per heavy atom. The lowest BCUT2D eigenvalue weighted by atomic mass is 10.1. The number of carbonyl (C=O) groups excluding carboxylic acids is 1. The first kappa shape index (κ1) is 21.2. The zero-order valence-corrected chi connectivity index (χ0v) is 18.6. The molecule has 0 spiro atoms. The van der Waals surface area contributed by atoms with Crippen LogP contribution in [0.15, 0.2) is 76.7 Å². The molecule has 31 heavy (non-hydrogen) atoms. The highest BCUT2D eigenvalue weighted by atomic mass is 35.5. The summed E-state index contributed by atoms with van der Waals surface area (Å²) in [5, 5.41) is 4.27. The van der Waals surface area contributed by atoms with Crippen LogP contribution < -0.4 is 10.9 Å². The second kappa shape index (κ2) is 8.96. The van der Waals surface area contributed by atoms with Crippen molar-refractivity contribution in [3.8, 4) is 5.69 Å². The van der Waals surface area contributed by atoms with Crippen LogP contribution in [0.25, 0.3) is 16.6 Å². The van der Waals surface area contributed by atoms with Crippen LogP contribution in [0.4, 0.5) is 5.69 Å². The summed E-state index contributed by atoms with van der Waals surface area (Å²) in [6.45, 7) is 3.93. The second-order valence-electron chi connectivity index (χ2n) is 7.16. The molecule has 1 N–H and O–H groups in total. The average molecular weight is 450 g/mol. The number of nitrogens with zero attached hydrogens (tertiary/aromatic N) is 2. The van der Waals surface area contributed by atoms with E-state index in [9.17, 15) is 9.59 Å². The van der Waals surface area contributed by atoms with E-state index < -0.39 is 0 Å². The van der Waals surface area contributed by atoms with Crippen LogP contribution in [0.1, 0.15) is 11.1 Å². The summed E-state index contributed by atoms with van der Waals surface area (Å²) in [5.74, 6) is -0.144. The standard InChI is InChI=1S/C24H20ClN3O2S/c1-15-11-12-16(2)21(13-15)28-23(30)17-7-3-5-9-19(17)27-24(28)31-14-22(29)26-20-10-6-4-8-18(20)25/h3-13H,14H2,1-2H3,(H,26,29). The average Bonchev–Trinajstić information content (AvgIpc) is 2.76. The Morgan fingerprint density at radius 2 is 1.81 bits per heavy atom. The largest absolute Gasteiger partial charge is 0.324 e. The molecule has 0 unspecified atom stereocenters. The number of nitrogens with one attached hydrogen (secondary N) is 1. The summed E-state index contributed by atoms with van der Waals surface area (Å²) >= 11 is 7.35. The van der Waals surface area contributed by atoms with Gasteiger partial charge in [0, 0.05) is 0 Å². The van der Waals surface area contributed by atoms with Gasteiger partial charge in [0.05, 0.1) is 33.1 Å². The van der Waals surface area contributed by atoms with E-state index in [4.69, 9.17) is 16.6 Å². The van der Waals surface area contributed by atoms with E-state index in [2.05, 4.69) is 5.32 Å². The number of para-hydroxylation sites is 2. The second-order valence-corrected chi connectivity index (χ2v) is 8.51. The van der Waals surface area contributed by atoms with Crippen molar-refractivity contribution in [3.05, 3.63) is 93.2 Å². The molecular formula is C24H20ClN3O2S. The molecule has 0 saturated carbocycles. The van der Waals surface area contributed by atoms with E-state index in [0.717, 1.165) is 16.8 Å². The Morgan fingerprint density at radius 3 is 2.61 bits per heavy atom. The van der Waals surface area contributed by atoms with E-state index in [1.807, 2.05) is 44.2 Å². The van der Waals surface area contributed by atoms with E-state index >= 15 is 0 Å². The van der Waals surface area contributed by atoms with Gasteiger partial charge in [0.25, 0.3) is 5.56 Å². The molecule has 0 saturated heterocycles. The zero-order valence-electron chi connectivity index (χ0n) is 17.1. The fourth-order valence-corrected chi connectivity index (χ4v) is 4.25. The monoisotopic (exact) mass is 449 g/mol. The van der Waals surface area contributed by atoms with Crippen molar-refractivity contribution in [2.24, 2.45) is 0 Å². The van der Waals surface area contributed by atoms with Crippen molar-refractivity contribution in [2.75, 3.05) is 11.1 Å². The van der Waals surface area contributed by atoms with Crippen molar-refractivity contribution in [1.82, 2.24) is 9.55 Å². The van der Waals surface area contributed by atoms with Crippen LogP contribution >= 0.6 is 23.4 Å². The molecule has 0 aliphatic carbocycles. The minimum atomic E-state index is -0.229. The molecule has 1 aromatic heterocycles. The van der Waals surface area contributed by atoms with Gasteiger partial charge in [-0.15, -0.1) is 0 Å². The van der Waals surface area contributed by atoms with E-state index in [0.29, 0.717) is 26.8 Å². The smallest absolute Gasteiger partial charge is 0.266 e. The third-order valence-corrected chi connectivity index (χ3v) is 6.10. The number of hydrogen-bond acceptors (Lipinski definition) is 4. The Bertz CT molecular complexity index is 1350. The van der Waals surface area contributed by atoms with Gasteiger partial charge >= 0.3 is 0 Å². The molecule has 0 aliphatic rings. The number of hydrogen-bond donors (Lipinski definition) is 1. The zero-order chi connectivity index (χ0) is 22.0. The maximum atomic E-state index is 13.4. The predicted molar refractivity (Wildman–Crippen MR) is 128 cm³/mol. The summed E-state index contributed by atoms with van der Waals surface area (Å²) in [7, 11) is 0. The molecule has 0 bridgehead atoms. The predicted octanol–water partition coefficient (Wildman–Crippen LogP) is 5.39. The molecule has 7 heteroatoms. The van der Waals surface area contributed by atoms with Gasteiger partial charge in [-0.2, -0.15) is 0 Å². The van der Waals surface area contributed by atoms with Gasteiger partial charge in [-0.25, -0.2) is 4.98 Å². The number of aryl methyl sites for hydroxylation is 2. The Labute approximate surface area is 189 Å². The lowest BCUT2D eigenvalue weighted by molar-refractivity contribution is -0.113. The third-order valence-electron chi connectivity index (χ3n) is 4.83. The SMILES string of the molecule is Cc1ccc(C)c(-n2c(SCC(=O)Nc3ccccc3Cl)nc3ccccc3c2=O)c1. The first-order valence-electron chi connectivity index (χ1n) is 9.70. The van der Waals surface area contributed by atoms with Gasteiger partial charge in [-0.3, -0.25) is 14.2 Å². The Hall–Kier alpha value is -3.09. The van der Waals surface area contributed by atoms with Gasteiger partial charge in [0.1, 0.15) is 0 Å². The molecule has 4 aromatic rings. The number of amides is 1. The Kier molecular flexibility index (Phi) is 6.11. The normalized spacial score (nSPS) is 10.9. The van der Waals surface area contributed by atoms with E-state index in [1.165, 1.54) is 11.8 Å². The molecular weight excluding hydrogens is 430 g/mol. The minimum absolute atomic E-state index is 0.0842. The summed E-state index contributed by atoms with van der Waals surface area (Å²) in [5.41, 5.74) is 3.74. The minimum Gasteiger partial charge on any atom is -0.324 e. The third kappa shape index (κ3) is 4.50. The molecule has 0 aliphatic heterocycles. The highest BCUT2D eigenvalue weighted by Gasteiger charge is 2.16. The topological polar surface area (TPSA) is 64.0 Å². The van der Waals surface area contributed by atoms with Gasteiger partial charge in [-0.05, 0) is 55.3 Å². The number of anilines is 1. The Balaban J connectivity index is 1.73. The number of thioether (sulfide) groups is 1. The quantitative estimate of drug-likeness (QED) is 0.328. The number of rotatable bonds is 5. The highest BCUT2D eigenvalue weighted by Crippen LogP contribution is 2.25. The van der Waals surface area contributed by atoms with Crippen molar-refractivity contribution in [3.63, 3.8) is 0 Å². The van der Waals surface area contributed by atoms with Crippen molar-refractivity contribution >= 4 is 45.9 Å². The first-order chi connectivity index (χ1) is 14.9. The van der Waals surface area contributed by atoms with Gasteiger partial charge in [0.2, 0.25) is 5.91 Å². The van der Waals surface area contributed by atoms with Crippen molar-refractivity contribution in [1.29, 1.82) is 0 Å². The van der Waals surface area contributed by atoms with Crippen LogP contribution in [0.2, 0.25) is 5.02 Å². The van der Waals surface area contributed by atoms with Gasteiger partial charge in [-0.1, -0.05) is 59.8 Å². The molecule has 0 radical (unpaired) electrons. The number of halogens is 1. The van der Waals surface area contributed by atoms with Crippen molar-refractivity contribution in [2.45, 2.75) is 19.0 Å². The summed E-state index contributed by atoms with van der Waals surface area (Å²) in [6, 6.07) is 20.2. The summed E-state index contributed by atoms with van der Waals surface area (Å²) in [4.78, 5) is 30.6. The van der Waals surface area contributed by atoms with Gasteiger partial charge < -0.3 is 5.32 Å². The number of fused-ring (bicyclic) bond motifs is 1. The van der Waals surface area contributed by atoms with Crippen LogP contribution in [0, 0.1) is 13.8 Å². The fourth-order valence-electron chi connectivity index (χ4n) is 3.26. The number of aromatic nitrogens is 2. The molecule has 0 atom stereocenters. The van der Waals surface area contributed by atoms with Crippen LogP contribution in [-0.2, 0) is 4.79 Å². The van der Waals surface area contributed by atoms with Crippen molar-refractivity contribution < 1.29 is 4.79 Å². The summed E-state index contributed by atoms with van der Waals surface area (Å²) in [6.07, 6.45) is 0. The molecule has 5 nitrogen and oxygen atoms in total. The van der Waals surface area contributed by atoms with E-state index in [-0.39, 0.29) is 17.2 Å². The maximum absolute atomic E-state index is 13.4. The molecule has 0 fully saturated rings. The highest BCUT2D eigenvalue weighted by molar-refractivity contribution is 7.99. The number of carbonyl (C=O) groups is 1. The molecule has 156 valence electrons. The molecule has 3 aromatic carbocycles.